The molecule has 40 heavy (non-hydrogen) atoms. The van der Waals surface area contributed by atoms with Gasteiger partial charge in [0.05, 0.1) is 8.07 Å². The van der Waals surface area contributed by atoms with Crippen molar-refractivity contribution in [2.24, 2.45) is 11.3 Å². The van der Waals surface area contributed by atoms with E-state index >= 15 is 0 Å². The first kappa shape index (κ1) is 28.9. The molecule has 2 unspecified atom stereocenters. The number of hydrogen-bond donors (Lipinski definition) is 0. The van der Waals surface area contributed by atoms with Gasteiger partial charge in [-0.3, -0.25) is 0 Å². The minimum atomic E-state index is -2.00. The minimum Gasteiger partial charge on any atom is -0.0743 e. The molecule has 0 saturated heterocycles. The normalized spacial score (nSPS) is 19.3. The summed E-state index contributed by atoms with van der Waals surface area (Å²) in [6.45, 7) is 28.9. The highest BCUT2D eigenvalue weighted by atomic mass is 28.3. The molecule has 0 radical (unpaired) electrons. The second kappa shape index (κ2) is 9.45. The van der Waals surface area contributed by atoms with E-state index < -0.39 is 8.07 Å². The Bertz CT molecular complexity index is 1510. The lowest BCUT2D eigenvalue weighted by molar-refractivity contribution is 0.516. The predicted molar refractivity (Wildman–Crippen MR) is 179 cm³/mol. The SMILES string of the molecule is CC1C=C(C(C)(C)C)C=C1[Si](C)(C)C1c2cc(C(C)(C)C)ccc2-c2c(-c3ccccc3)cc(C(C)(C)C)cc21. The van der Waals surface area contributed by atoms with Crippen molar-refractivity contribution in [3.63, 3.8) is 0 Å². The average Bonchev–Trinajstić information content (AvgIpc) is 3.41. The fraction of sp³-hybridized carbons (Fsp3) is 0.436. The Labute approximate surface area is 245 Å². The molecule has 0 bridgehead atoms. The van der Waals surface area contributed by atoms with Crippen LogP contribution in [0.1, 0.15) is 97.0 Å². The van der Waals surface area contributed by atoms with Gasteiger partial charge in [-0.15, -0.1) is 0 Å². The standard InChI is InChI=1S/C39H50Si/c1-25-20-28(38(5,6)7)24-34(25)40(11,12)36-32-21-27(37(2,3)4)18-19-30(32)35-31(26-16-14-13-15-17-26)22-29(23-33(35)36)39(8,9)10/h13-25,36H,1-12H3. The van der Waals surface area contributed by atoms with Gasteiger partial charge < -0.3 is 0 Å². The van der Waals surface area contributed by atoms with E-state index in [1.54, 1.807) is 16.3 Å². The third-order valence-electron chi connectivity index (χ3n) is 9.49. The van der Waals surface area contributed by atoms with Crippen LogP contribution in [0.2, 0.25) is 13.1 Å². The van der Waals surface area contributed by atoms with E-state index in [0.29, 0.717) is 11.5 Å². The van der Waals surface area contributed by atoms with Crippen molar-refractivity contribution in [1.29, 1.82) is 0 Å². The molecule has 3 aromatic rings. The number of hydrogen-bond acceptors (Lipinski definition) is 0. The van der Waals surface area contributed by atoms with Gasteiger partial charge in [0.25, 0.3) is 0 Å². The van der Waals surface area contributed by atoms with Crippen LogP contribution >= 0.6 is 0 Å². The van der Waals surface area contributed by atoms with E-state index in [1.165, 1.54) is 39.0 Å². The van der Waals surface area contributed by atoms with Crippen molar-refractivity contribution in [3.8, 4) is 22.3 Å². The predicted octanol–water partition coefficient (Wildman–Crippen LogP) is 11.4. The first-order valence-electron chi connectivity index (χ1n) is 15.2. The molecular formula is C39H50Si. The number of benzene rings is 3. The second-order valence-corrected chi connectivity index (χ2v) is 20.7. The summed E-state index contributed by atoms with van der Waals surface area (Å²) in [5, 5.41) is 1.70. The molecule has 3 aromatic carbocycles. The summed E-state index contributed by atoms with van der Waals surface area (Å²) in [5.41, 5.74) is 13.9. The largest absolute Gasteiger partial charge is 0.0884 e. The Hall–Kier alpha value is -2.64. The maximum atomic E-state index is 2.65. The number of rotatable bonds is 3. The lowest BCUT2D eigenvalue weighted by Crippen LogP contribution is -2.39. The summed E-state index contributed by atoms with van der Waals surface area (Å²) in [6, 6.07) is 23.6. The molecule has 0 aromatic heterocycles. The van der Waals surface area contributed by atoms with Crippen molar-refractivity contribution in [2.75, 3.05) is 0 Å². The quantitative estimate of drug-likeness (QED) is 0.287. The summed E-state index contributed by atoms with van der Waals surface area (Å²) < 4.78 is 0. The first-order valence-corrected chi connectivity index (χ1v) is 18.3. The van der Waals surface area contributed by atoms with Gasteiger partial charge in [-0.05, 0) is 78.3 Å². The molecule has 0 spiro atoms. The fourth-order valence-corrected chi connectivity index (χ4v) is 11.2. The van der Waals surface area contributed by atoms with Gasteiger partial charge in [0.1, 0.15) is 0 Å². The van der Waals surface area contributed by atoms with Crippen molar-refractivity contribution >= 4 is 8.07 Å². The van der Waals surface area contributed by atoms with E-state index in [1.807, 2.05) is 0 Å². The summed E-state index contributed by atoms with van der Waals surface area (Å²) in [4.78, 5) is 0. The smallest absolute Gasteiger partial charge is 0.0743 e. The summed E-state index contributed by atoms with van der Waals surface area (Å²) in [7, 11) is -2.00. The molecule has 0 heterocycles. The molecular weight excluding hydrogens is 497 g/mol. The van der Waals surface area contributed by atoms with Crippen LogP contribution in [0.5, 0.6) is 0 Å². The third kappa shape index (κ3) is 4.89. The van der Waals surface area contributed by atoms with E-state index in [4.69, 9.17) is 0 Å². The Balaban J connectivity index is 1.84. The molecule has 210 valence electrons. The van der Waals surface area contributed by atoms with Gasteiger partial charge >= 0.3 is 0 Å². The lowest BCUT2D eigenvalue weighted by atomic mass is 9.82. The second-order valence-electron chi connectivity index (χ2n) is 16.1. The first-order chi connectivity index (χ1) is 18.4. The fourth-order valence-electron chi connectivity index (χ4n) is 7.02. The van der Waals surface area contributed by atoms with Gasteiger partial charge in [-0.25, -0.2) is 0 Å². The van der Waals surface area contributed by atoms with Gasteiger partial charge in [0, 0.05) is 5.54 Å². The van der Waals surface area contributed by atoms with Crippen LogP contribution in [0.4, 0.5) is 0 Å². The van der Waals surface area contributed by atoms with Crippen LogP contribution in [0.3, 0.4) is 0 Å². The maximum Gasteiger partial charge on any atom is 0.0884 e. The van der Waals surface area contributed by atoms with Crippen LogP contribution in [-0.4, -0.2) is 8.07 Å². The molecule has 5 rings (SSSR count). The molecule has 2 aliphatic rings. The van der Waals surface area contributed by atoms with Crippen LogP contribution < -0.4 is 0 Å². The van der Waals surface area contributed by atoms with E-state index in [0.717, 1.165) is 0 Å². The highest BCUT2D eigenvalue weighted by Gasteiger charge is 2.47. The molecule has 1 heteroatoms. The van der Waals surface area contributed by atoms with Gasteiger partial charge in [0.2, 0.25) is 0 Å². The molecule has 0 saturated carbocycles. The van der Waals surface area contributed by atoms with Crippen LogP contribution in [0.15, 0.2) is 83.6 Å². The monoisotopic (exact) mass is 546 g/mol. The van der Waals surface area contributed by atoms with Crippen LogP contribution in [-0.2, 0) is 10.8 Å². The summed E-state index contributed by atoms with van der Waals surface area (Å²) in [5.74, 6) is 0.494. The van der Waals surface area contributed by atoms with Gasteiger partial charge in [0.15, 0.2) is 0 Å². The topological polar surface area (TPSA) is 0 Å². The highest BCUT2D eigenvalue weighted by Crippen LogP contribution is 2.56. The van der Waals surface area contributed by atoms with Crippen LogP contribution in [0.25, 0.3) is 22.3 Å². The summed E-state index contributed by atoms with van der Waals surface area (Å²) in [6.07, 6.45) is 5.15. The highest BCUT2D eigenvalue weighted by molar-refractivity contribution is 6.86. The lowest BCUT2D eigenvalue weighted by Gasteiger charge is -2.36. The number of allylic oxidation sites excluding steroid dienone is 4. The Morgan fingerprint density at radius 2 is 1.23 bits per heavy atom. The molecule has 0 nitrogen and oxygen atoms in total. The van der Waals surface area contributed by atoms with Gasteiger partial charge in [-0.1, -0.05) is 154 Å². The zero-order valence-electron chi connectivity index (χ0n) is 27.1. The van der Waals surface area contributed by atoms with Crippen molar-refractivity contribution in [2.45, 2.75) is 98.7 Å². The molecule has 0 fully saturated rings. The van der Waals surface area contributed by atoms with Crippen molar-refractivity contribution in [3.05, 3.63) is 106 Å². The Morgan fingerprint density at radius 1 is 0.625 bits per heavy atom. The van der Waals surface area contributed by atoms with E-state index in [-0.39, 0.29) is 16.2 Å². The maximum absolute atomic E-state index is 2.65. The average molecular weight is 547 g/mol. The van der Waals surface area contributed by atoms with Gasteiger partial charge in [-0.2, -0.15) is 0 Å². The molecule has 0 amide bonds. The molecule has 0 N–H and O–H groups in total. The molecule has 2 atom stereocenters. The third-order valence-corrected chi connectivity index (χ3v) is 13.6. The van der Waals surface area contributed by atoms with Crippen molar-refractivity contribution in [1.82, 2.24) is 0 Å². The Morgan fingerprint density at radius 3 is 1.77 bits per heavy atom. The zero-order valence-corrected chi connectivity index (χ0v) is 28.1. The summed E-state index contributed by atoms with van der Waals surface area (Å²) >= 11 is 0. The molecule has 0 aliphatic heterocycles. The van der Waals surface area contributed by atoms with E-state index in [2.05, 4.69) is 155 Å². The zero-order chi connectivity index (χ0) is 29.4. The Kier molecular flexibility index (Phi) is 6.82. The molecule has 2 aliphatic carbocycles. The number of fused-ring (bicyclic) bond motifs is 3. The minimum absolute atomic E-state index is 0.0705. The van der Waals surface area contributed by atoms with Crippen molar-refractivity contribution < 1.29 is 0 Å². The van der Waals surface area contributed by atoms with E-state index in [9.17, 15) is 0 Å². The van der Waals surface area contributed by atoms with Crippen LogP contribution in [0, 0.1) is 11.3 Å².